The SMILES string of the molecule is CN(C)c1cccc2c(S(=O)(=O)c3ccc(N)c4ccccc34)cccc12. The summed E-state index contributed by atoms with van der Waals surface area (Å²) in [6, 6.07) is 21.7. The van der Waals surface area contributed by atoms with Gasteiger partial charge >= 0.3 is 0 Å². The summed E-state index contributed by atoms with van der Waals surface area (Å²) in [4.78, 5) is 2.56. The van der Waals surface area contributed by atoms with Gasteiger partial charge in [0.05, 0.1) is 9.79 Å². The molecule has 0 aliphatic rings. The van der Waals surface area contributed by atoms with Crippen molar-refractivity contribution in [2.75, 3.05) is 24.7 Å². The maximum absolute atomic E-state index is 13.6. The minimum absolute atomic E-state index is 0.273. The third-order valence-electron chi connectivity index (χ3n) is 4.84. The maximum atomic E-state index is 13.6. The van der Waals surface area contributed by atoms with Gasteiger partial charge in [0.15, 0.2) is 0 Å². The molecule has 27 heavy (non-hydrogen) atoms. The van der Waals surface area contributed by atoms with Crippen LogP contribution in [0.15, 0.2) is 82.6 Å². The van der Waals surface area contributed by atoms with Gasteiger partial charge in [0, 0.05) is 47.0 Å². The average molecular weight is 376 g/mol. The van der Waals surface area contributed by atoms with Crippen LogP contribution < -0.4 is 10.6 Å². The fourth-order valence-electron chi connectivity index (χ4n) is 3.54. The number of nitrogens with two attached hydrogens (primary N) is 1. The Kier molecular flexibility index (Phi) is 4.04. The molecule has 5 heteroatoms. The summed E-state index contributed by atoms with van der Waals surface area (Å²) in [5, 5.41) is 3.00. The molecule has 0 radical (unpaired) electrons. The van der Waals surface area contributed by atoms with E-state index < -0.39 is 9.84 Å². The van der Waals surface area contributed by atoms with Crippen molar-refractivity contribution in [2.24, 2.45) is 0 Å². The van der Waals surface area contributed by atoms with Crippen molar-refractivity contribution in [2.45, 2.75) is 9.79 Å². The van der Waals surface area contributed by atoms with Gasteiger partial charge in [-0.2, -0.15) is 0 Å². The first-order valence-corrected chi connectivity index (χ1v) is 10.1. The molecule has 136 valence electrons. The number of sulfone groups is 1. The van der Waals surface area contributed by atoms with Gasteiger partial charge in [-0.05, 0) is 24.3 Å². The van der Waals surface area contributed by atoms with Crippen LogP contribution in [0.2, 0.25) is 0 Å². The molecule has 0 aromatic heterocycles. The number of hydrogen-bond donors (Lipinski definition) is 1. The molecular formula is C22H20N2O2S. The Morgan fingerprint density at radius 1 is 0.667 bits per heavy atom. The number of benzene rings is 4. The molecule has 0 bridgehead atoms. The fraction of sp³-hybridized carbons (Fsp3) is 0.0909. The van der Waals surface area contributed by atoms with Crippen LogP contribution in [0.3, 0.4) is 0 Å². The molecule has 4 aromatic rings. The molecular weight excluding hydrogens is 356 g/mol. The van der Waals surface area contributed by atoms with E-state index in [-0.39, 0.29) is 4.90 Å². The van der Waals surface area contributed by atoms with Crippen LogP contribution >= 0.6 is 0 Å². The summed E-state index contributed by atoms with van der Waals surface area (Å²) in [5.41, 5.74) is 7.60. The van der Waals surface area contributed by atoms with Crippen molar-refractivity contribution in [3.05, 3.63) is 72.8 Å². The van der Waals surface area contributed by atoms with E-state index in [1.54, 1.807) is 30.3 Å². The predicted molar refractivity (Wildman–Crippen MR) is 112 cm³/mol. The lowest BCUT2D eigenvalue weighted by Crippen LogP contribution is -2.10. The second-order valence-corrected chi connectivity index (χ2v) is 8.61. The first-order valence-electron chi connectivity index (χ1n) is 8.62. The molecule has 0 heterocycles. The molecule has 0 aliphatic heterocycles. The summed E-state index contributed by atoms with van der Waals surface area (Å²) < 4.78 is 27.2. The summed E-state index contributed by atoms with van der Waals surface area (Å²) >= 11 is 0. The van der Waals surface area contributed by atoms with E-state index in [9.17, 15) is 8.42 Å². The Hall–Kier alpha value is -3.05. The molecule has 0 atom stereocenters. The highest BCUT2D eigenvalue weighted by Crippen LogP contribution is 2.36. The molecule has 0 saturated carbocycles. The number of nitrogen functional groups attached to an aromatic ring is 1. The highest BCUT2D eigenvalue weighted by Gasteiger charge is 2.23. The van der Waals surface area contributed by atoms with Crippen LogP contribution in [0, 0.1) is 0 Å². The van der Waals surface area contributed by atoms with E-state index in [0.29, 0.717) is 21.4 Å². The second-order valence-electron chi connectivity index (χ2n) is 6.72. The average Bonchev–Trinajstić information content (AvgIpc) is 2.67. The van der Waals surface area contributed by atoms with Gasteiger partial charge < -0.3 is 10.6 Å². The van der Waals surface area contributed by atoms with E-state index in [1.807, 2.05) is 61.5 Å². The number of fused-ring (bicyclic) bond motifs is 2. The lowest BCUT2D eigenvalue weighted by atomic mass is 10.1. The predicted octanol–water partition coefficient (Wildman–Crippen LogP) is 4.47. The minimum Gasteiger partial charge on any atom is -0.398 e. The summed E-state index contributed by atoms with van der Waals surface area (Å²) in [6.07, 6.45) is 0. The molecule has 2 N–H and O–H groups in total. The monoisotopic (exact) mass is 376 g/mol. The number of rotatable bonds is 3. The van der Waals surface area contributed by atoms with Crippen molar-refractivity contribution in [3.8, 4) is 0 Å². The van der Waals surface area contributed by atoms with Crippen LogP contribution in [0.1, 0.15) is 0 Å². The molecule has 0 unspecified atom stereocenters. The van der Waals surface area contributed by atoms with Gasteiger partial charge in [-0.25, -0.2) is 8.42 Å². The quantitative estimate of drug-likeness (QED) is 0.536. The van der Waals surface area contributed by atoms with E-state index in [4.69, 9.17) is 5.73 Å². The molecule has 4 nitrogen and oxygen atoms in total. The number of hydrogen-bond acceptors (Lipinski definition) is 4. The fourth-order valence-corrected chi connectivity index (χ4v) is 5.21. The summed E-state index contributed by atoms with van der Waals surface area (Å²) in [7, 11) is 0.170. The maximum Gasteiger partial charge on any atom is 0.207 e. The second kappa shape index (κ2) is 6.28. The molecule has 0 fully saturated rings. The normalized spacial score (nSPS) is 11.8. The highest BCUT2D eigenvalue weighted by atomic mass is 32.2. The van der Waals surface area contributed by atoms with Crippen molar-refractivity contribution in [1.29, 1.82) is 0 Å². The van der Waals surface area contributed by atoms with E-state index >= 15 is 0 Å². The first kappa shape index (κ1) is 17.4. The van der Waals surface area contributed by atoms with Crippen molar-refractivity contribution in [3.63, 3.8) is 0 Å². The van der Waals surface area contributed by atoms with E-state index in [1.165, 1.54) is 0 Å². The topological polar surface area (TPSA) is 63.4 Å². The molecule has 4 rings (SSSR count). The third kappa shape index (κ3) is 2.71. The Bertz CT molecular complexity index is 1280. The molecule has 0 amide bonds. The van der Waals surface area contributed by atoms with Crippen LogP contribution in [0.5, 0.6) is 0 Å². The Morgan fingerprint density at radius 2 is 1.22 bits per heavy atom. The zero-order valence-electron chi connectivity index (χ0n) is 15.2. The van der Waals surface area contributed by atoms with Gasteiger partial charge in [-0.3, -0.25) is 0 Å². The van der Waals surface area contributed by atoms with Crippen LogP contribution in [-0.4, -0.2) is 22.5 Å². The molecule has 4 aromatic carbocycles. The van der Waals surface area contributed by atoms with Crippen LogP contribution in [-0.2, 0) is 9.84 Å². The van der Waals surface area contributed by atoms with Crippen molar-refractivity contribution < 1.29 is 8.42 Å². The standard InChI is InChI=1S/C22H20N2O2S/c1-24(2)20-11-5-10-18-16(20)9-6-12-21(18)27(25,26)22-14-13-19(23)15-7-3-4-8-17(15)22/h3-14H,23H2,1-2H3. The molecule has 0 aliphatic carbocycles. The largest absolute Gasteiger partial charge is 0.398 e. The molecule has 0 saturated heterocycles. The number of anilines is 2. The van der Waals surface area contributed by atoms with E-state index in [2.05, 4.69) is 0 Å². The number of nitrogens with zero attached hydrogens (tertiary/aromatic N) is 1. The first-order chi connectivity index (χ1) is 12.9. The lowest BCUT2D eigenvalue weighted by molar-refractivity contribution is 0.598. The van der Waals surface area contributed by atoms with Crippen molar-refractivity contribution >= 4 is 42.8 Å². The lowest BCUT2D eigenvalue weighted by Gasteiger charge is -2.17. The Balaban J connectivity index is 2.05. The zero-order valence-corrected chi connectivity index (χ0v) is 16.0. The molecule has 0 spiro atoms. The smallest absolute Gasteiger partial charge is 0.207 e. The summed E-state index contributed by atoms with van der Waals surface area (Å²) in [6.45, 7) is 0. The van der Waals surface area contributed by atoms with Gasteiger partial charge in [-0.15, -0.1) is 0 Å². The zero-order chi connectivity index (χ0) is 19.2. The Morgan fingerprint density at radius 3 is 1.96 bits per heavy atom. The van der Waals surface area contributed by atoms with Gasteiger partial charge in [0.2, 0.25) is 9.84 Å². The third-order valence-corrected chi connectivity index (χ3v) is 6.71. The van der Waals surface area contributed by atoms with Gasteiger partial charge in [-0.1, -0.05) is 48.5 Å². The van der Waals surface area contributed by atoms with Crippen LogP contribution in [0.4, 0.5) is 11.4 Å². The minimum atomic E-state index is -3.73. The Labute approximate surface area is 158 Å². The highest BCUT2D eigenvalue weighted by molar-refractivity contribution is 7.92. The van der Waals surface area contributed by atoms with Crippen molar-refractivity contribution in [1.82, 2.24) is 0 Å². The van der Waals surface area contributed by atoms with E-state index in [0.717, 1.165) is 16.5 Å². The van der Waals surface area contributed by atoms with Gasteiger partial charge in [0.1, 0.15) is 0 Å². The van der Waals surface area contributed by atoms with Crippen LogP contribution in [0.25, 0.3) is 21.5 Å². The van der Waals surface area contributed by atoms with Gasteiger partial charge in [0.25, 0.3) is 0 Å². The summed E-state index contributed by atoms with van der Waals surface area (Å²) in [5.74, 6) is 0.